The van der Waals surface area contributed by atoms with Crippen LogP contribution in [-0.4, -0.2) is 65.7 Å². The third-order valence-electron chi connectivity index (χ3n) is 5.80. The molecule has 0 aliphatic carbocycles. The Kier molecular flexibility index (Phi) is 6.02. The van der Waals surface area contributed by atoms with E-state index in [0.29, 0.717) is 13.0 Å². The van der Waals surface area contributed by atoms with Crippen LogP contribution in [0, 0.1) is 5.82 Å². The number of likely N-dealkylation sites (N-methyl/N-ethyl adjacent to an activating group) is 1. The zero-order valence-corrected chi connectivity index (χ0v) is 16.8. The maximum Gasteiger partial charge on any atom is 0.257 e. The summed E-state index contributed by atoms with van der Waals surface area (Å²) < 4.78 is 13.4. The van der Waals surface area contributed by atoms with Gasteiger partial charge in [0.05, 0.1) is 18.3 Å². The minimum Gasteiger partial charge on any atom is -0.301 e. The van der Waals surface area contributed by atoms with Crippen LogP contribution >= 0.6 is 0 Å². The van der Waals surface area contributed by atoms with Crippen molar-refractivity contribution >= 4 is 11.6 Å². The molecule has 29 heavy (non-hydrogen) atoms. The summed E-state index contributed by atoms with van der Waals surface area (Å²) in [5.74, 6) is -0.280. The number of rotatable bonds is 5. The van der Waals surface area contributed by atoms with Gasteiger partial charge in [0.2, 0.25) is 0 Å². The normalized spacial score (nSPS) is 20.7. The summed E-state index contributed by atoms with van der Waals surface area (Å²) in [6, 6.07) is 16.1. The second-order valence-electron chi connectivity index (χ2n) is 7.63. The van der Waals surface area contributed by atoms with Crippen LogP contribution in [0.2, 0.25) is 0 Å². The van der Waals surface area contributed by atoms with Crippen LogP contribution in [0.25, 0.3) is 0 Å². The van der Waals surface area contributed by atoms with Crippen molar-refractivity contribution < 1.29 is 9.18 Å². The second kappa shape index (κ2) is 8.84. The number of piperazine rings is 1. The fraction of sp³-hybridized carbons (Fsp3) is 0.391. The van der Waals surface area contributed by atoms with Crippen molar-refractivity contribution in [3.63, 3.8) is 0 Å². The second-order valence-corrected chi connectivity index (χ2v) is 7.63. The average Bonchev–Trinajstić information content (AvgIpc) is 3.21. The fourth-order valence-corrected chi connectivity index (χ4v) is 4.02. The van der Waals surface area contributed by atoms with Gasteiger partial charge in [-0.25, -0.2) is 9.40 Å². The molecule has 2 aliphatic heterocycles. The first-order valence-electron chi connectivity index (χ1n) is 10.3. The summed E-state index contributed by atoms with van der Waals surface area (Å²) in [5, 5.41) is 6.32. The molecule has 2 heterocycles. The highest BCUT2D eigenvalue weighted by molar-refractivity contribution is 6.03. The number of hydrogen-bond donors (Lipinski definition) is 0. The molecular weight excluding hydrogens is 367 g/mol. The number of amides is 1. The maximum absolute atomic E-state index is 13.4. The molecule has 4 rings (SSSR count). The monoisotopic (exact) mass is 394 g/mol. The van der Waals surface area contributed by atoms with E-state index >= 15 is 0 Å². The van der Waals surface area contributed by atoms with Crippen molar-refractivity contribution in [2.45, 2.75) is 19.4 Å². The molecule has 1 fully saturated rings. The Morgan fingerprint density at radius 1 is 1.00 bits per heavy atom. The lowest BCUT2D eigenvalue weighted by Gasteiger charge is -2.34. The van der Waals surface area contributed by atoms with Gasteiger partial charge in [0.25, 0.3) is 5.91 Å². The highest BCUT2D eigenvalue weighted by Gasteiger charge is 2.34. The van der Waals surface area contributed by atoms with E-state index in [9.17, 15) is 9.18 Å². The number of carbonyl (C=O) groups excluding carboxylic acids is 1. The maximum atomic E-state index is 13.4. The number of halogens is 1. The molecule has 0 aromatic heterocycles. The first-order chi connectivity index (χ1) is 14.1. The minimum absolute atomic E-state index is 0.00444. The van der Waals surface area contributed by atoms with E-state index in [2.05, 4.69) is 16.7 Å². The van der Waals surface area contributed by atoms with Crippen molar-refractivity contribution in [1.82, 2.24) is 14.8 Å². The Morgan fingerprint density at radius 2 is 1.66 bits per heavy atom. The predicted octanol–water partition coefficient (Wildman–Crippen LogP) is 3.14. The number of hydrazone groups is 1. The van der Waals surface area contributed by atoms with Crippen LogP contribution in [0.15, 0.2) is 59.7 Å². The average molecular weight is 394 g/mol. The Hall–Kier alpha value is -2.57. The molecule has 5 nitrogen and oxygen atoms in total. The third-order valence-corrected chi connectivity index (χ3v) is 5.80. The lowest BCUT2D eigenvalue weighted by Crippen LogP contribution is -2.49. The third kappa shape index (κ3) is 4.54. The van der Waals surface area contributed by atoms with Gasteiger partial charge in [-0.15, -0.1) is 0 Å². The molecular formula is C23H27FN4O. The predicted molar refractivity (Wildman–Crippen MR) is 112 cm³/mol. The van der Waals surface area contributed by atoms with E-state index < -0.39 is 0 Å². The Morgan fingerprint density at radius 3 is 2.31 bits per heavy atom. The van der Waals surface area contributed by atoms with E-state index in [4.69, 9.17) is 5.10 Å². The highest BCUT2D eigenvalue weighted by atomic mass is 19.1. The summed E-state index contributed by atoms with van der Waals surface area (Å²) in [6.07, 6.45) is 0.630. The molecule has 0 bridgehead atoms. The molecule has 1 saturated heterocycles. The molecule has 0 N–H and O–H groups in total. The van der Waals surface area contributed by atoms with Gasteiger partial charge >= 0.3 is 0 Å². The van der Waals surface area contributed by atoms with Gasteiger partial charge in [-0.3, -0.25) is 9.69 Å². The quantitative estimate of drug-likeness (QED) is 0.782. The van der Waals surface area contributed by atoms with Crippen LogP contribution in [0.3, 0.4) is 0 Å². The van der Waals surface area contributed by atoms with Gasteiger partial charge < -0.3 is 4.90 Å². The molecule has 2 aliphatic rings. The molecule has 2 aromatic rings. The summed E-state index contributed by atoms with van der Waals surface area (Å²) in [4.78, 5) is 17.8. The van der Waals surface area contributed by atoms with Gasteiger partial charge in [0.15, 0.2) is 0 Å². The number of hydrogen-bond acceptors (Lipinski definition) is 4. The molecule has 1 unspecified atom stereocenters. The van der Waals surface area contributed by atoms with Gasteiger partial charge in [-0.2, -0.15) is 5.10 Å². The molecule has 0 spiro atoms. The van der Waals surface area contributed by atoms with Crippen LogP contribution in [0.5, 0.6) is 0 Å². The van der Waals surface area contributed by atoms with E-state index in [1.165, 1.54) is 12.1 Å². The van der Waals surface area contributed by atoms with E-state index in [-0.39, 0.29) is 17.8 Å². The van der Waals surface area contributed by atoms with Gasteiger partial charge in [0.1, 0.15) is 5.82 Å². The Balaban J connectivity index is 1.53. The zero-order chi connectivity index (χ0) is 20.2. The topological polar surface area (TPSA) is 39.1 Å². The lowest BCUT2D eigenvalue weighted by molar-refractivity contribution is -0.134. The Labute approximate surface area is 171 Å². The van der Waals surface area contributed by atoms with E-state index in [0.717, 1.165) is 49.6 Å². The molecule has 6 heteroatoms. The van der Waals surface area contributed by atoms with Crippen molar-refractivity contribution in [3.05, 3.63) is 71.5 Å². The summed E-state index contributed by atoms with van der Waals surface area (Å²) in [7, 11) is 0. The first kappa shape index (κ1) is 19.7. The van der Waals surface area contributed by atoms with Crippen molar-refractivity contribution in [1.29, 1.82) is 0 Å². The van der Waals surface area contributed by atoms with Gasteiger partial charge in [0, 0.05) is 32.6 Å². The van der Waals surface area contributed by atoms with E-state index in [1.54, 1.807) is 17.1 Å². The molecule has 2 aromatic carbocycles. The lowest BCUT2D eigenvalue weighted by atomic mass is 9.98. The SMILES string of the molecule is CCN1CCN(CC(=O)N2N=C(c3ccccc3)CC2c2ccc(F)cc2)CC1. The van der Waals surface area contributed by atoms with Gasteiger partial charge in [-0.05, 0) is 29.8 Å². The molecule has 1 atom stereocenters. The summed E-state index contributed by atoms with van der Waals surface area (Å²) in [6.45, 7) is 7.34. The summed E-state index contributed by atoms with van der Waals surface area (Å²) >= 11 is 0. The van der Waals surface area contributed by atoms with E-state index in [1.807, 2.05) is 30.3 Å². The van der Waals surface area contributed by atoms with Crippen molar-refractivity contribution in [2.24, 2.45) is 5.10 Å². The number of nitrogens with zero attached hydrogens (tertiary/aromatic N) is 4. The van der Waals surface area contributed by atoms with Crippen molar-refractivity contribution in [2.75, 3.05) is 39.3 Å². The largest absolute Gasteiger partial charge is 0.301 e. The zero-order valence-electron chi connectivity index (χ0n) is 16.8. The number of benzene rings is 2. The summed E-state index contributed by atoms with van der Waals surface area (Å²) in [5.41, 5.74) is 2.82. The van der Waals surface area contributed by atoms with Crippen LogP contribution in [0.4, 0.5) is 4.39 Å². The van der Waals surface area contributed by atoms with Crippen LogP contribution < -0.4 is 0 Å². The van der Waals surface area contributed by atoms with Crippen LogP contribution in [0.1, 0.15) is 30.5 Å². The molecule has 0 radical (unpaired) electrons. The Bertz CT molecular complexity index is 860. The van der Waals surface area contributed by atoms with Gasteiger partial charge in [-0.1, -0.05) is 49.4 Å². The van der Waals surface area contributed by atoms with Crippen molar-refractivity contribution in [3.8, 4) is 0 Å². The number of carbonyl (C=O) groups is 1. The fourth-order valence-electron chi connectivity index (χ4n) is 4.02. The molecule has 152 valence electrons. The molecule has 1 amide bonds. The highest BCUT2D eigenvalue weighted by Crippen LogP contribution is 2.33. The molecule has 0 saturated carbocycles. The first-order valence-corrected chi connectivity index (χ1v) is 10.3. The minimum atomic E-state index is -0.275. The smallest absolute Gasteiger partial charge is 0.257 e. The standard InChI is InChI=1S/C23H27FN4O/c1-2-26-12-14-27(15-13-26)17-23(29)28-22(19-8-10-20(24)11-9-19)16-21(25-28)18-6-4-3-5-7-18/h3-11,22H,2,12-17H2,1H3. The van der Waals surface area contributed by atoms with Crippen LogP contribution in [-0.2, 0) is 4.79 Å².